The first-order chi connectivity index (χ1) is 13.5. The maximum atomic E-state index is 13.7. The van der Waals surface area contributed by atoms with Gasteiger partial charge in [0, 0.05) is 13.1 Å². The number of nitrogens with zero attached hydrogens (tertiary/aromatic N) is 1. The van der Waals surface area contributed by atoms with Gasteiger partial charge in [-0.3, -0.25) is 9.59 Å². The first-order valence-electron chi connectivity index (χ1n) is 9.51. The van der Waals surface area contributed by atoms with E-state index in [1.165, 1.54) is 17.0 Å². The summed E-state index contributed by atoms with van der Waals surface area (Å²) in [5, 5.41) is 2.81. The Morgan fingerprint density at radius 1 is 1.11 bits per heavy atom. The number of hydrogen-bond donors (Lipinski definition) is 1. The Balaban J connectivity index is 2.05. The van der Waals surface area contributed by atoms with Crippen molar-refractivity contribution in [3.63, 3.8) is 0 Å². The fraction of sp³-hybridized carbons (Fsp3) is 0.364. The monoisotopic (exact) mass is 386 g/mol. The molecule has 0 aromatic heterocycles. The van der Waals surface area contributed by atoms with Gasteiger partial charge < -0.3 is 15.0 Å². The summed E-state index contributed by atoms with van der Waals surface area (Å²) < 4.78 is 19.1. The number of halogens is 1. The number of amides is 2. The maximum absolute atomic E-state index is 13.7. The van der Waals surface area contributed by atoms with Crippen LogP contribution >= 0.6 is 0 Å². The molecular formula is C22H27FN2O3. The molecular weight excluding hydrogens is 359 g/mol. The van der Waals surface area contributed by atoms with E-state index in [4.69, 9.17) is 4.74 Å². The maximum Gasteiger partial charge on any atom is 0.261 e. The van der Waals surface area contributed by atoms with Crippen molar-refractivity contribution in [2.24, 2.45) is 0 Å². The SMILES string of the molecule is CCCNC(=O)[C@@H](C)N(CCc1ccccc1)C(=O)COc1ccccc1F. The number of hydrogen-bond acceptors (Lipinski definition) is 3. The van der Waals surface area contributed by atoms with E-state index in [1.807, 2.05) is 37.3 Å². The predicted molar refractivity (Wildman–Crippen MR) is 107 cm³/mol. The Bertz CT molecular complexity index is 767. The highest BCUT2D eigenvalue weighted by atomic mass is 19.1. The van der Waals surface area contributed by atoms with Crippen molar-refractivity contribution in [1.29, 1.82) is 0 Å². The Hall–Kier alpha value is -2.89. The van der Waals surface area contributed by atoms with Crippen molar-refractivity contribution in [2.45, 2.75) is 32.7 Å². The third-order valence-corrected chi connectivity index (χ3v) is 4.39. The van der Waals surface area contributed by atoms with Gasteiger partial charge in [-0.1, -0.05) is 49.4 Å². The van der Waals surface area contributed by atoms with Crippen molar-refractivity contribution in [3.05, 3.63) is 66.0 Å². The number of rotatable bonds is 10. The first kappa shape index (κ1) is 21.4. The lowest BCUT2D eigenvalue weighted by Crippen LogP contribution is -2.50. The first-order valence-corrected chi connectivity index (χ1v) is 9.51. The minimum atomic E-state index is -0.646. The molecule has 2 amide bonds. The third kappa shape index (κ3) is 6.37. The van der Waals surface area contributed by atoms with E-state index in [0.29, 0.717) is 19.5 Å². The standard InChI is InChI=1S/C22H27FN2O3/c1-3-14-24-22(27)17(2)25(15-13-18-9-5-4-6-10-18)21(26)16-28-20-12-8-7-11-19(20)23/h4-12,17H,3,13-16H2,1-2H3,(H,24,27)/t17-/m1/s1. The van der Waals surface area contributed by atoms with Crippen LogP contribution in [0.5, 0.6) is 5.75 Å². The molecule has 28 heavy (non-hydrogen) atoms. The highest BCUT2D eigenvalue weighted by Gasteiger charge is 2.26. The lowest BCUT2D eigenvalue weighted by Gasteiger charge is -2.28. The zero-order chi connectivity index (χ0) is 20.4. The summed E-state index contributed by atoms with van der Waals surface area (Å²) >= 11 is 0. The molecule has 0 bridgehead atoms. The van der Waals surface area contributed by atoms with E-state index >= 15 is 0 Å². The molecule has 5 nitrogen and oxygen atoms in total. The molecule has 0 unspecified atom stereocenters. The number of nitrogens with one attached hydrogen (secondary N) is 1. The smallest absolute Gasteiger partial charge is 0.261 e. The van der Waals surface area contributed by atoms with E-state index < -0.39 is 11.9 Å². The van der Waals surface area contributed by atoms with Gasteiger partial charge in [-0.05, 0) is 37.5 Å². The summed E-state index contributed by atoms with van der Waals surface area (Å²) in [6, 6.07) is 15.0. The van der Waals surface area contributed by atoms with Crippen LogP contribution in [0.1, 0.15) is 25.8 Å². The Kier molecular flexibility index (Phi) is 8.46. The van der Waals surface area contributed by atoms with E-state index in [1.54, 1.807) is 19.1 Å². The van der Waals surface area contributed by atoms with Crippen LogP contribution in [-0.4, -0.2) is 42.5 Å². The second-order valence-corrected chi connectivity index (χ2v) is 6.51. The highest BCUT2D eigenvalue weighted by Crippen LogP contribution is 2.16. The van der Waals surface area contributed by atoms with Gasteiger partial charge in [-0.25, -0.2) is 4.39 Å². The Morgan fingerprint density at radius 3 is 2.46 bits per heavy atom. The summed E-state index contributed by atoms with van der Waals surface area (Å²) in [5.41, 5.74) is 1.07. The van der Waals surface area contributed by atoms with E-state index in [-0.39, 0.29) is 24.2 Å². The van der Waals surface area contributed by atoms with E-state index in [2.05, 4.69) is 5.32 Å². The third-order valence-electron chi connectivity index (χ3n) is 4.39. The topological polar surface area (TPSA) is 58.6 Å². The van der Waals surface area contributed by atoms with Crippen molar-refractivity contribution < 1.29 is 18.7 Å². The number of benzene rings is 2. The normalized spacial score (nSPS) is 11.5. The van der Waals surface area contributed by atoms with Gasteiger partial charge in [0.1, 0.15) is 6.04 Å². The lowest BCUT2D eigenvalue weighted by atomic mass is 10.1. The van der Waals surface area contributed by atoms with Gasteiger partial charge in [0.25, 0.3) is 5.91 Å². The Morgan fingerprint density at radius 2 is 1.79 bits per heavy atom. The molecule has 0 saturated carbocycles. The molecule has 2 aromatic rings. The molecule has 1 atom stereocenters. The zero-order valence-electron chi connectivity index (χ0n) is 16.4. The fourth-order valence-corrected chi connectivity index (χ4v) is 2.75. The number of carbonyl (C=O) groups excluding carboxylic acids is 2. The van der Waals surface area contributed by atoms with Crippen LogP contribution in [0.25, 0.3) is 0 Å². The van der Waals surface area contributed by atoms with Gasteiger partial charge in [0.05, 0.1) is 0 Å². The summed E-state index contributed by atoms with van der Waals surface area (Å²) in [7, 11) is 0. The van der Waals surface area contributed by atoms with E-state index in [9.17, 15) is 14.0 Å². The fourth-order valence-electron chi connectivity index (χ4n) is 2.75. The van der Waals surface area contributed by atoms with Crippen LogP contribution in [0.4, 0.5) is 4.39 Å². The predicted octanol–water partition coefficient (Wildman–Crippen LogP) is 3.19. The summed E-state index contributed by atoms with van der Waals surface area (Å²) in [4.78, 5) is 26.6. The molecule has 0 saturated heterocycles. The van der Waals surface area contributed by atoms with Crippen LogP contribution in [-0.2, 0) is 16.0 Å². The van der Waals surface area contributed by atoms with Gasteiger partial charge >= 0.3 is 0 Å². The molecule has 0 aliphatic carbocycles. The largest absolute Gasteiger partial charge is 0.481 e. The molecule has 0 aliphatic rings. The van der Waals surface area contributed by atoms with Gasteiger partial charge in [0.15, 0.2) is 18.2 Å². The second kappa shape index (κ2) is 11.1. The van der Waals surface area contributed by atoms with Gasteiger partial charge in [0.2, 0.25) is 5.91 Å². The summed E-state index contributed by atoms with van der Waals surface area (Å²) in [6.07, 6.45) is 1.42. The van der Waals surface area contributed by atoms with Crippen molar-refractivity contribution >= 4 is 11.8 Å². The van der Waals surface area contributed by atoms with Crippen LogP contribution in [0.3, 0.4) is 0 Å². The van der Waals surface area contributed by atoms with Crippen LogP contribution in [0.2, 0.25) is 0 Å². The highest BCUT2D eigenvalue weighted by molar-refractivity contribution is 5.87. The number of para-hydroxylation sites is 1. The molecule has 6 heteroatoms. The zero-order valence-corrected chi connectivity index (χ0v) is 16.4. The molecule has 0 heterocycles. The van der Waals surface area contributed by atoms with Crippen LogP contribution in [0.15, 0.2) is 54.6 Å². The Labute approximate surface area is 165 Å². The molecule has 2 rings (SSSR count). The molecule has 0 radical (unpaired) electrons. The van der Waals surface area contributed by atoms with Crippen LogP contribution < -0.4 is 10.1 Å². The minimum absolute atomic E-state index is 0.0157. The average molecular weight is 386 g/mol. The summed E-state index contributed by atoms with van der Waals surface area (Å²) in [5.74, 6) is -1.09. The molecule has 0 fully saturated rings. The number of carbonyl (C=O) groups is 2. The molecule has 150 valence electrons. The minimum Gasteiger partial charge on any atom is -0.481 e. The number of ether oxygens (including phenoxy) is 1. The molecule has 0 aliphatic heterocycles. The van der Waals surface area contributed by atoms with Crippen LogP contribution in [0, 0.1) is 5.82 Å². The lowest BCUT2D eigenvalue weighted by molar-refractivity contribution is -0.141. The van der Waals surface area contributed by atoms with E-state index in [0.717, 1.165) is 12.0 Å². The van der Waals surface area contributed by atoms with Gasteiger partial charge in [-0.15, -0.1) is 0 Å². The van der Waals surface area contributed by atoms with Crippen molar-refractivity contribution in [1.82, 2.24) is 10.2 Å². The van der Waals surface area contributed by atoms with Crippen molar-refractivity contribution in [3.8, 4) is 5.75 Å². The molecule has 2 aromatic carbocycles. The molecule has 1 N–H and O–H groups in total. The summed E-state index contributed by atoms with van der Waals surface area (Å²) in [6.45, 7) is 4.24. The quantitative estimate of drug-likeness (QED) is 0.682. The van der Waals surface area contributed by atoms with Gasteiger partial charge in [-0.2, -0.15) is 0 Å². The second-order valence-electron chi connectivity index (χ2n) is 6.51. The average Bonchev–Trinajstić information content (AvgIpc) is 2.72. The van der Waals surface area contributed by atoms with Crippen molar-refractivity contribution in [2.75, 3.05) is 19.7 Å². The molecule has 0 spiro atoms.